The summed E-state index contributed by atoms with van der Waals surface area (Å²) in [5, 5.41) is 9.76. The molecular weight excluding hydrogens is 222 g/mol. The Kier molecular flexibility index (Phi) is 2.83. The number of aromatic amines is 1. The quantitative estimate of drug-likeness (QED) is 0.840. The lowest BCUT2D eigenvalue weighted by molar-refractivity contribution is 0.477. The SMILES string of the molecule is CC(C)c1sc(=O)[nH]c1-c1ccccc1O. The summed E-state index contributed by atoms with van der Waals surface area (Å²) in [5.41, 5.74) is 1.42. The fourth-order valence-corrected chi connectivity index (χ4v) is 2.48. The van der Waals surface area contributed by atoms with Crippen LogP contribution in [0.2, 0.25) is 0 Å². The molecule has 0 unspecified atom stereocenters. The molecule has 1 heterocycles. The van der Waals surface area contributed by atoms with Crippen molar-refractivity contribution in [2.75, 3.05) is 0 Å². The average Bonchev–Trinajstić information content (AvgIpc) is 2.61. The molecule has 0 aliphatic heterocycles. The van der Waals surface area contributed by atoms with Gasteiger partial charge >= 0.3 is 4.87 Å². The van der Waals surface area contributed by atoms with Crippen molar-refractivity contribution in [2.45, 2.75) is 19.8 Å². The first-order chi connectivity index (χ1) is 7.59. The molecule has 4 heteroatoms. The van der Waals surface area contributed by atoms with Crippen molar-refractivity contribution in [3.05, 3.63) is 38.8 Å². The van der Waals surface area contributed by atoms with Crippen molar-refractivity contribution in [3.63, 3.8) is 0 Å². The number of benzene rings is 1. The summed E-state index contributed by atoms with van der Waals surface area (Å²) >= 11 is 1.20. The Hall–Kier alpha value is -1.55. The molecule has 0 atom stereocenters. The maximum absolute atomic E-state index is 11.4. The van der Waals surface area contributed by atoms with Crippen molar-refractivity contribution < 1.29 is 5.11 Å². The molecule has 1 aromatic carbocycles. The van der Waals surface area contributed by atoms with Gasteiger partial charge in [-0.1, -0.05) is 37.3 Å². The molecule has 0 spiro atoms. The first kappa shape index (κ1) is 11.0. The summed E-state index contributed by atoms with van der Waals surface area (Å²) in [6.45, 7) is 4.06. The Bertz CT molecular complexity index is 554. The Morgan fingerprint density at radius 2 is 2.00 bits per heavy atom. The third-order valence-corrected chi connectivity index (χ3v) is 3.56. The maximum Gasteiger partial charge on any atom is 0.305 e. The number of aromatic nitrogens is 1. The first-order valence-electron chi connectivity index (χ1n) is 5.11. The number of H-pyrrole nitrogens is 1. The standard InChI is InChI=1S/C12H13NO2S/c1-7(2)11-10(13-12(15)16-11)8-5-3-4-6-9(8)14/h3-7,14H,1-2H3,(H,13,15). The summed E-state index contributed by atoms with van der Waals surface area (Å²) in [6, 6.07) is 7.03. The van der Waals surface area contributed by atoms with E-state index < -0.39 is 0 Å². The second-order valence-corrected chi connectivity index (χ2v) is 4.94. The van der Waals surface area contributed by atoms with Gasteiger partial charge in [-0.3, -0.25) is 4.79 Å². The minimum absolute atomic E-state index is 0.0815. The third-order valence-electron chi connectivity index (χ3n) is 2.37. The highest BCUT2D eigenvalue weighted by Crippen LogP contribution is 2.34. The first-order valence-corrected chi connectivity index (χ1v) is 5.92. The van der Waals surface area contributed by atoms with Crippen LogP contribution in [0, 0.1) is 0 Å². The molecular formula is C12H13NO2S. The summed E-state index contributed by atoms with van der Waals surface area (Å²) in [4.78, 5) is 15.1. The van der Waals surface area contributed by atoms with Crippen LogP contribution < -0.4 is 4.87 Å². The zero-order chi connectivity index (χ0) is 11.7. The van der Waals surface area contributed by atoms with Crippen molar-refractivity contribution in [1.29, 1.82) is 0 Å². The van der Waals surface area contributed by atoms with E-state index in [0.29, 0.717) is 5.56 Å². The van der Waals surface area contributed by atoms with Crippen LogP contribution in [0.3, 0.4) is 0 Å². The number of phenolic OH excluding ortho intramolecular Hbond substituents is 1. The number of phenols is 1. The fourth-order valence-electron chi connectivity index (χ4n) is 1.63. The number of hydrogen-bond donors (Lipinski definition) is 2. The van der Waals surface area contributed by atoms with Gasteiger partial charge in [0.1, 0.15) is 5.75 Å². The number of thiazole rings is 1. The molecule has 0 saturated heterocycles. The van der Waals surface area contributed by atoms with Gasteiger partial charge in [0.2, 0.25) is 0 Å². The van der Waals surface area contributed by atoms with Crippen LogP contribution in [0.25, 0.3) is 11.3 Å². The predicted octanol–water partition coefficient (Wildman–Crippen LogP) is 2.93. The summed E-state index contributed by atoms with van der Waals surface area (Å²) in [7, 11) is 0. The van der Waals surface area contributed by atoms with E-state index in [1.807, 2.05) is 19.9 Å². The van der Waals surface area contributed by atoms with Gasteiger partial charge < -0.3 is 10.1 Å². The highest BCUT2D eigenvalue weighted by Gasteiger charge is 2.15. The van der Waals surface area contributed by atoms with Gasteiger partial charge in [-0.2, -0.15) is 0 Å². The van der Waals surface area contributed by atoms with Crippen molar-refractivity contribution in [1.82, 2.24) is 4.98 Å². The second-order valence-electron chi connectivity index (χ2n) is 3.93. The minimum Gasteiger partial charge on any atom is -0.507 e. The normalized spacial score (nSPS) is 10.9. The minimum atomic E-state index is -0.0815. The lowest BCUT2D eigenvalue weighted by Crippen LogP contribution is -1.93. The predicted molar refractivity (Wildman–Crippen MR) is 66.1 cm³/mol. The van der Waals surface area contributed by atoms with Crippen LogP contribution in [0.1, 0.15) is 24.6 Å². The van der Waals surface area contributed by atoms with E-state index in [1.165, 1.54) is 11.3 Å². The van der Waals surface area contributed by atoms with Gasteiger partial charge in [-0.25, -0.2) is 0 Å². The van der Waals surface area contributed by atoms with E-state index in [9.17, 15) is 9.90 Å². The van der Waals surface area contributed by atoms with Crippen molar-refractivity contribution >= 4 is 11.3 Å². The molecule has 2 aromatic rings. The highest BCUT2D eigenvalue weighted by molar-refractivity contribution is 7.09. The summed E-state index contributed by atoms with van der Waals surface area (Å²) in [6.07, 6.45) is 0. The van der Waals surface area contributed by atoms with Gasteiger partial charge in [0, 0.05) is 10.4 Å². The molecule has 0 aliphatic carbocycles. The average molecular weight is 235 g/mol. The Morgan fingerprint density at radius 3 is 2.62 bits per heavy atom. The van der Waals surface area contributed by atoms with Gasteiger partial charge in [-0.05, 0) is 18.1 Å². The van der Waals surface area contributed by atoms with E-state index in [1.54, 1.807) is 18.2 Å². The smallest absolute Gasteiger partial charge is 0.305 e. The van der Waals surface area contributed by atoms with E-state index in [2.05, 4.69) is 4.98 Å². The van der Waals surface area contributed by atoms with Gasteiger partial charge in [0.25, 0.3) is 0 Å². The number of para-hydroxylation sites is 1. The molecule has 2 N–H and O–H groups in total. The molecule has 1 aromatic heterocycles. The molecule has 3 nitrogen and oxygen atoms in total. The molecule has 0 saturated carbocycles. The lowest BCUT2D eigenvalue weighted by Gasteiger charge is -2.07. The number of hydrogen-bond acceptors (Lipinski definition) is 3. The molecule has 0 amide bonds. The zero-order valence-electron chi connectivity index (χ0n) is 9.15. The van der Waals surface area contributed by atoms with Crippen molar-refractivity contribution in [2.24, 2.45) is 0 Å². The van der Waals surface area contributed by atoms with Gasteiger partial charge in [0.15, 0.2) is 0 Å². The molecule has 0 bridgehead atoms. The van der Waals surface area contributed by atoms with E-state index in [-0.39, 0.29) is 16.5 Å². The van der Waals surface area contributed by atoms with E-state index in [4.69, 9.17) is 0 Å². The van der Waals surface area contributed by atoms with Crippen molar-refractivity contribution in [3.8, 4) is 17.0 Å². The monoisotopic (exact) mass is 235 g/mol. The topological polar surface area (TPSA) is 53.1 Å². The highest BCUT2D eigenvalue weighted by atomic mass is 32.1. The number of aromatic hydroxyl groups is 1. The lowest BCUT2D eigenvalue weighted by atomic mass is 10.0. The summed E-state index contributed by atoms with van der Waals surface area (Å²) < 4.78 is 0. The van der Waals surface area contributed by atoms with Crippen LogP contribution in [0.15, 0.2) is 29.1 Å². The molecule has 0 fully saturated rings. The largest absolute Gasteiger partial charge is 0.507 e. The number of rotatable bonds is 2. The van der Waals surface area contributed by atoms with Crippen LogP contribution >= 0.6 is 11.3 Å². The number of nitrogens with one attached hydrogen (secondary N) is 1. The Labute approximate surface area is 97.4 Å². The van der Waals surface area contributed by atoms with E-state index in [0.717, 1.165) is 10.6 Å². The Morgan fingerprint density at radius 1 is 1.31 bits per heavy atom. The maximum atomic E-state index is 11.4. The Balaban J connectivity index is 2.64. The van der Waals surface area contributed by atoms with Crippen LogP contribution in [0.4, 0.5) is 0 Å². The molecule has 2 rings (SSSR count). The van der Waals surface area contributed by atoms with Crippen LogP contribution in [-0.2, 0) is 0 Å². The van der Waals surface area contributed by atoms with Gasteiger partial charge in [0.05, 0.1) is 5.69 Å². The van der Waals surface area contributed by atoms with Crippen LogP contribution in [-0.4, -0.2) is 10.1 Å². The fraction of sp³-hybridized carbons (Fsp3) is 0.250. The zero-order valence-corrected chi connectivity index (χ0v) is 9.97. The third kappa shape index (κ3) is 1.88. The molecule has 0 radical (unpaired) electrons. The van der Waals surface area contributed by atoms with Gasteiger partial charge in [-0.15, -0.1) is 0 Å². The summed E-state index contributed by atoms with van der Waals surface area (Å²) in [5.74, 6) is 0.456. The second kappa shape index (κ2) is 4.14. The van der Waals surface area contributed by atoms with E-state index >= 15 is 0 Å². The molecule has 0 aliphatic rings. The van der Waals surface area contributed by atoms with Crippen LogP contribution in [0.5, 0.6) is 5.75 Å². The molecule has 84 valence electrons. The molecule has 16 heavy (non-hydrogen) atoms.